The Kier molecular flexibility index (Phi) is 2.21. The minimum Gasteiger partial charge on any atom is -0.455 e. The molecule has 6 heteroatoms. The van der Waals surface area contributed by atoms with Gasteiger partial charge in [0.1, 0.15) is 5.69 Å². The highest BCUT2D eigenvalue weighted by Crippen LogP contribution is 2.92. The van der Waals surface area contributed by atoms with E-state index in [1.54, 1.807) is 12.3 Å². The zero-order chi connectivity index (χ0) is 14.8. The van der Waals surface area contributed by atoms with E-state index in [0.717, 1.165) is 0 Å². The number of aromatic nitrogens is 3. The van der Waals surface area contributed by atoms with Crippen LogP contribution in [-0.2, 0) is 16.1 Å². The molecule has 2 aromatic heterocycles. The van der Waals surface area contributed by atoms with Crippen molar-refractivity contribution in [2.24, 2.45) is 16.7 Å². The molecule has 0 aliphatic heterocycles. The summed E-state index contributed by atoms with van der Waals surface area (Å²) in [6.45, 7) is 0.0430. The minimum atomic E-state index is -0.0902. The lowest BCUT2D eigenvalue weighted by Gasteiger charge is -2.00. The average Bonchev–Trinajstić information content (AvgIpc) is 3.50. The van der Waals surface area contributed by atoms with E-state index >= 15 is 0 Å². The molecule has 2 heterocycles. The van der Waals surface area contributed by atoms with Crippen molar-refractivity contribution in [1.82, 2.24) is 15.1 Å². The first kappa shape index (κ1) is 12.3. The summed E-state index contributed by atoms with van der Waals surface area (Å²) in [7, 11) is 0. The van der Waals surface area contributed by atoms with Crippen LogP contribution in [0.4, 0.5) is 0 Å². The molecule has 0 unspecified atom stereocenters. The molecule has 0 N–H and O–H groups in total. The first-order valence-corrected chi connectivity index (χ1v) is 7.66. The molecule has 2 aromatic rings. The molecular weight excluding hydrogens is 282 g/mol. The Hall–Kier alpha value is -2.24. The van der Waals surface area contributed by atoms with Crippen molar-refractivity contribution >= 4 is 5.97 Å². The van der Waals surface area contributed by atoms with Crippen LogP contribution in [0.5, 0.6) is 0 Å². The predicted octanol–water partition coefficient (Wildman–Crippen LogP) is 2.37. The molecule has 0 bridgehead atoms. The van der Waals surface area contributed by atoms with Crippen molar-refractivity contribution < 1.29 is 14.1 Å². The van der Waals surface area contributed by atoms with Crippen molar-refractivity contribution in [1.29, 1.82) is 0 Å². The largest absolute Gasteiger partial charge is 0.455 e. The maximum Gasteiger partial charge on any atom is 0.310 e. The summed E-state index contributed by atoms with van der Waals surface area (Å²) in [5, 5.41) is 3.87. The van der Waals surface area contributed by atoms with E-state index in [2.05, 4.69) is 15.1 Å². The van der Waals surface area contributed by atoms with Gasteiger partial charge in [0.15, 0.2) is 6.61 Å². The fraction of sp³-hybridized carbons (Fsp3) is 0.500. The van der Waals surface area contributed by atoms with Crippen molar-refractivity contribution in [2.45, 2.75) is 32.3 Å². The maximum atomic E-state index is 12.2. The number of hydrogen-bond acceptors (Lipinski definition) is 6. The zero-order valence-corrected chi connectivity index (χ0v) is 12.0. The summed E-state index contributed by atoms with van der Waals surface area (Å²) in [6.07, 6.45) is 6.44. The zero-order valence-electron chi connectivity index (χ0n) is 12.0. The lowest BCUT2D eigenvalue weighted by Crippen LogP contribution is -2.09. The van der Waals surface area contributed by atoms with Gasteiger partial charge in [0.05, 0.1) is 5.92 Å². The first-order chi connectivity index (χ1) is 10.8. The van der Waals surface area contributed by atoms with Gasteiger partial charge in [-0.05, 0) is 48.6 Å². The number of carbonyl (C=O) groups is 1. The number of hydrogen-bond donors (Lipinski definition) is 0. The number of rotatable bonds is 4. The van der Waals surface area contributed by atoms with E-state index in [-0.39, 0.29) is 18.5 Å². The van der Waals surface area contributed by atoms with Crippen LogP contribution in [0.1, 0.15) is 31.6 Å². The molecule has 112 valence electrons. The molecule has 3 fully saturated rings. The Morgan fingerprint density at radius 2 is 2.05 bits per heavy atom. The normalized spacial score (nSPS) is 22.7. The van der Waals surface area contributed by atoms with E-state index in [9.17, 15) is 4.79 Å². The van der Waals surface area contributed by atoms with Gasteiger partial charge in [-0.3, -0.25) is 9.78 Å². The smallest absolute Gasteiger partial charge is 0.310 e. The fourth-order valence-electron chi connectivity index (χ4n) is 4.16. The van der Waals surface area contributed by atoms with Crippen molar-refractivity contribution in [3.05, 3.63) is 30.3 Å². The van der Waals surface area contributed by atoms with Gasteiger partial charge < -0.3 is 9.26 Å². The molecule has 0 radical (unpaired) electrons. The van der Waals surface area contributed by atoms with Gasteiger partial charge in [-0.1, -0.05) is 11.2 Å². The summed E-state index contributed by atoms with van der Waals surface area (Å²) in [4.78, 5) is 20.6. The van der Waals surface area contributed by atoms with Gasteiger partial charge in [-0.25, -0.2) is 0 Å². The Morgan fingerprint density at radius 3 is 2.68 bits per heavy atom. The van der Waals surface area contributed by atoms with Gasteiger partial charge in [-0.2, -0.15) is 4.98 Å². The number of fused-ring (bicyclic) bond motifs is 1. The second-order valence-electron chi connectivity index (χ2n) is 6.58. The molecule has 6 nitrogen and oxygen atoms in total. The highest BCUT2D eigenvalue weighted by atomic mass is 16.6. The quantitative estimate of drug-likeness (QED) is 0.806. The molecule has 5 rings (SSSR count). The Bertz CT molecular complexity index is 729. The molecule has 0 atom stereocenters. The van der Waals surface area contributed by atoms with Crippen molar-refractivity contribution in [3.8, 4) is 11.5 Å². The third-order valence-corrected chi connectivity index (χ3v) is 5.53. The van der Waals surface area contributed by atoms with Gasteiger partial charge in [0.2, 0.25) is 5.82 Å². The number of carbonyl (C=O) groups excluding carboxylic acids is 1. The molecule has 0 amide bonds. The second kappa shape index (κ2) is 3.94. The van der Waals surface area contributed by atoms with E-state index in [1.165, 1.54) is 25.7 Å². The molecule has 3 aliphatic carbocycles. The summed E-state index contributed by atoms with van der Waals surface area (Å²) in [6, 6.07) is 5.48. The Balaban J connectivity index is 1.24. The Morgan fingerprint density at radius 1 is 1.27 bits per heavy atom. The van der Waals surface area contributed by atoms with Gasteiger partial charge in [-0.15, -0.1) is 0 Å². The number of nitrogens with zero attached hydrogens (tertiary/aromatic N) is 3. The highest BCUT2D eigenvalue weighted by molar-refractivity contribution is 5.81. The topological polar surface area (TPSA) is 78.1 Å². The van der Waals surface area contributed by atoms with E-state index < -0.39 is 0 Å². The summed E-state index contributed by atoms with van der Waals surface area (Å²) in [5.41, 5.74) is 1.27. The van der Waals surface area contributed by atoms with Crippen LogP contribution in [0.25, 0.3) is 11.5 Å². The molecule has 22 heavy (non-hydrogen) atoms. The van der Waals surface area contributed by atoms with E-state index in [0.29, 0.717) is 28.2 Å². The van der Waals surface area contributed by atoms with Crippen LogP contribution in [0.3, 0.4) is 0 Å². The van der Waals surface area contributed by atoms with E-state index in [4.69, 9.17) is 9.26 Å². The molecule has 0 saturated heterocycles. The average molecular weight is 297 g/mol. The van der Waals surface area contributed by atoms with Gasteiger partial charge in [0, 0.05) is 6.20 Å². The van der Waals surface area contributed by atoms with Crippen molar-refractivity contribution in [3.63, 3.8) is 0 Å². The van der Waals surface area contributed by atoms with Gasteiger partial charge >= 0.3 is 5.97 Å². The third kappa shape index (κ3) is 1.55. The molecule has 2 spiro atoms. The SMILES string of the molecule is O=C(OCc1nc(-c2ccccn2)no1)C1C2(CC2)C12CC2. The summed E-state index contributed by atoms with van der Waals surface area (Å²) in [5.74, 6) is 0.755. The fourth-order valence-corrected chi connectivity index (χ4v) is 4.16. The first-order valence-electron chi connectivity index (χ1n) is 7.66. The minimum absolute atomic E-state index is 0.0430. The van der Waals surface area contributed by atoms with Crippen LogP contribution in [0.2, 0.25) is 0 Å². The monoisotopic (exact) mass is 297 g/mol. The number of ether oxygens (including phenoxy) is 1. The van der Waals surface area contributed by atoms with Crippen LogP contribution in [0, 0.1) is 16.7 Å². The number of esters is 1. The van der Waals surface area contributed by atoms with Crippen molar-refractivity contribution in [2.75, 3.05) is 0 Å². The standard InChI is InChI=1S/C16H15N3O3/c20-14(12-15(4-5-15)16(12)6-7-16)21-9-11-18-13(19-22-11)10-3-1-2-8-17-10/h1-3,8,12H,4-7,9H2. The maximum absolute atomic E-state index is 12.2. The lowest BCUT2D eigenvalue weighted by molar-refractivity contribution is -0.148. The molecule has 3 saturated carbocycles. The lowest BCUT2D eigenvalue weighted by atomic mass is 10.3. The summed E-state index contributed by atoms with van der Waals surface area (Å²) >= 11 is 0. The second-order valence-corrected chi connectivity index (χ2v) is 6.58. The van der Waals surface area contributed by atoms with Crippen LogP contribution in [-0.4, -0.2) is 21.1 Å². The molecular formula is C16H15N3O3. The predicted molar refractivity (Wildman–Crippen MR) is 74.1 cm³/mol. The van der Waals surface area contributed by atoms with Crippen LogP contribution < -0.4 is 0 Å². The Labute approximate surface area is 126 Å². The van der Waals surface area contributed by atoms with Gasteiger partial charge in [0.25, 0.3) is 5.89 Å². The third-order valence-electron chi connectivity index (χ3n) is 5.53. The number of pyridine rings is 1. The molecule has 3 aliphatic rings. The van der Waals surface area contributed by atoms with Crippen LogP contribution in [0.15, 0.2) is 28.9 Å². The van der Waals surface area contributed by atoms with E-state index in [1.807, 2.05) is 12.1 Å². The highest BCUT2D eigenvalue weighted by Gasteiger charge is 2.89. The molecule has 0 aromatic carbocycles. The van der Waals surface area contributed by atoms with Crippen LogP contribution >= 0.6 is 0 Å². The summed E-state index contributed by atoms with van der Waals surface area (Å²) < 4.78 is 10.5.